The molecule has 2 aliphatic heterocycles. The van der Waals surface area contributed by atoms with E-state index in [0.29, 0.717) is 19.5 Å². The van der Waals surface area contributed by atoms with Crippen LogP contribution in [-0.2, 0) is 32.8 Å². The maximum absolute atomic E-state index is 13.9. The zero-order chi connectivity index (χ0) is 24.4. The molecule has 1 aromatic heterocycles. The first-order valence-electron chi connectivity index (χ1n) is 12.7. The minimum Gasteiger partial charge on any atom is -0.463 e. The topological polar surface area (TPSA) is 71.8 Å². The van der Waals surface area contributed by atoms with E-state index in [0.717, 1.165) is 19.3 Å². The van der Waals surface area contributed by atoms with Crippen LogP contribution < -0.4 is 0 Å². The molecule has 182 valence electrons. The van der Waals surface area contributed by atoms with E-state index in [4.69, 9.17) is 4.74 Å². The van der Waals surface area contributed by atoms with E-state index in [2.05, 4.69) is 60.0 Å². The molecule has 3 aromatic rings. The van der Waals surface area contributed by atoms with Gasteiger partial charge in [-0.05, 0) is 43.4 Å². The number of fused-ring (bicyclic) bond motifs is 3. The van der Waals surface area contributed by atoms with Crippen LogP contribution in [0.5, 0.6) is 0 Å². The number of hydrogen-bond donors (Lipinski definition) is 1. The van der Waals surface area contributed by atoms with Gasteiger partial charge in [0.1, 0.15) is 0 Å². The number of esters is 1. The Balaban J connectivity index is 1.59. The zero-order valence-electron chi connectivity index (χ0n) is 20.4. The molecule has 2 aromatic carbocycles. The van der Waals surface area contributed by atoms with Gasteiger partial charge in [-0.1, -0.05) is 61.9 Å². The van der Waals surface area contributed by atoms with E-state index in [1.807, 2.05) is 11.0 Å². The number of carbonyl (C=O) groups is 2. The highest BCUT2D eigenvalue weighted by Crippen LogP contribution is 2.65. The monoisotopic (exact) mass is 472 g/mol. The summed E-state index contributed by atoms with van der Waals surface area (Å²) in [5.41, 5.74) is 1.71. The van der Waals surface area contributed by atoms with Crippen LogP contribution in [0.2, 0.25) is 0 Å². The number of aromatic nitrogens is 1. The third-order valence-corrected chi connectivity index (χ3v) is 8.82. The number of para-hydroxylation sites is 1. The molecule has 1 saturated carbocycles. The summed E-state index contributed by atoms with van der Waals surface area (Å²) in [7, 11) is 0. The molecule has 35 heavy (non-hydrogen) atoms. The lowest BCUT2D eigenvalue weighted by molar-refractivity contribution is -0.203. The smallest absolute Gasteiger partial charge is 0.348 e. The van der Waals surface area contributed by atoms with Crippen LogP contribution in [0.3, 0.4) is 0 Å². The second-order valence-electron chi connectivity index (χ2n) is 10.7. The van der Waals surface area contributed by atoms with Crippen molar-refractivity contribution in [1.29, 1.82) is 0 Å². The number of aliphatic hydroxyl groups is 1. The molecule has 3 heterocycles. The van der Waals surface area contributed by atoms with Crippen molar-refractivity contribution in [3.8, 4) is 0 Å². The number of nitrogens with zero attached hydrogens (tertiary/aromatic N) is 2. The fourth-order valence-electron chi connectivity index (χ4n) is 7.46. The number of hydrogen-bond acceptors (Lipinski definition) is 4. The van der Waals surface area contributed by atoms with Crippen LogP contribution in [0.25, 0.3) is 10.9 Å². The maximum Gasteiger partial charge on any atom is 0.348 e. The number of amides is 1. The number of piperidine rings is 1. The second-order valence-corrected chi connectivity index (χ2v) is 10.7. The Hall–Kier alpha value is -3.12. The molecule has 6 nitrogen and oxygen atoms in total. The molecule has 6 rings (SSSR count). The molecule has 1 N–H and O–H groups in total. The average Bonchev–Trinajstić information content (AvgIpc) is 3.36. The summed E-state index contributed by atoms with van der Waals surface area (Å²) in [6.45, 7) is 5.18. The summed E-state index contributed by atoms with van der Waals surface area (Å²) in [4.78, 5) is 28.7. The van der Waals surface area contributed by atoms with Crippen molar-refractivity contribution < 1.29 is 19.4 Å². The Labute approximate surface area is 205 Å². The van der Waals surface area contributed by atoms with Crippen molar-refractivity contribution >= 4 is 22.8 Å². The van der Waals surface area contributed by atoms with Crippen molar-refractivity contribution in [3.63, 3.8) is 0 Å². The Morgan fingerprint density at radius 3 is 2.60 bits per heavy atom. The van der Waals surface area contributed by atoms with Gasteiger partial charge in [0.05, 0.1) is 12.1 Å². The van der Waals surface area contributed by atoms with Crippen LogP contribution in [0.4, 0.5) is 0 Å². The van der Waals surface area contributed by atoms with Crippen LogP contribution >= 0.6 is 0 Å². The van der Waals surface area contributed by atoms with Crippen LogP contribution in [-0.4, -0.2) is 45.2 Å². The predicted octanol–water partition coefficient (Wildman–Crippen LogP) is 4.16. The van der Waals surface area contributed by atoms with E-state index in [-0.39, 0.29) is 13.0 Å². The van der Waals surface area contributed by atoms with Crippen molar-refractivity contribution in [1.82, 2.24) is 9.47 Å². The molecule has 0 radical (unpaired) electrons. The molecule has 1 spiro atoms. The van der Waals surface area contributed by atoms with Crippen LogP contribution in [0.1, 0.15) is 56.4 Å². The number of rotatable bonds is 4. The first kappa shape index (κ1) is 22.4. The molecule has 1 saturated heterocycles. The highest BCUT2D eigenvalue weighted by atomic mass is 16.6. The molecule has 2 fully saturated rings. The van der Waals surface area contributed by atoms with Crippen LogP contribution in [0, 0.1) is 5.41 Å². The van der Waals surface area contributed by atoms with E-state index >= 15 is 0 Å². The molecule has 0 unspecified atom stereocenters. The lowest BCUT2D eigenvalue weighted by atomic mass is 9.59. The van der Waals surface area contributed by atoms with Crippen molar-refractivity contribution in [3.05, 3.63) is 71.4 Å². The minimum absolute atomic E-state index is 0.0838. The Bertz CT molecular complexity index is 1330. The molecule has 3 atom stereocenters. The fourth-order valence-corrected chi connectivity index (χ4v) is 7.46. The standard InChI is InChI=1S/C29H32N2O4/c1-3-35-26(33)28(34)19-27(2)15-9-16-29(27)24-22(14-17-31(29)25(28)32)21-12-7-8-13-23(21)30(24)18-20-10-5-4-6-11-20/h4-8,10-13,34H,3,9,14-19H2,1-2H3/t27-,28-,29+/m1/s1. The van der Waals surface area contributed by atoms with Gasteiger partial charge in [0.2, 0.25) is 5.60 Å². The van der Waals surface area contributed by atoms with E-state index < -0.39 is 28.4 Å². The summed E-state index contributed by atoms with van der Waals surface area (Å²) < 4.78 is 7.60. The summed E-state index contributed by atoms with van der Waals surface area (Å²) >= 11 is 0. The van der Waals surface area contributed by atoms with Gasteiger partial charge in [-0.15, -0.1) is 0 Å². The van der Waals surface area contributed by atoms with Gasteiger partial charge in [-0.25, -0.2) is 4.79 Å². The van der Waals surface area contributed by atoms with Gasteiger partial charge in [0, 0.05) is 41.5 Å². The van der Waals surface area contributed by atoms with Crippen LogP contribution in [0.15, 0.2) is 54.6 Å². The second kappa shape index (κ2) is 7.69. The predicted molar refractivity (Wildman–Crippen MR) is 133 cm³/mol. The number of carbonyl (C=O) groups excluding carboxylic acids is 2. The first-order valence-corrected chi connectivity index (χ1v) is 12.7. The summed E-state index contributed by atoms with van der Waals surface area (Å²) in [5.74, 6) is -1.32. The molecule has 6 heteroatoms. The van der Waals surface area contributed by atoms with Gasteiger partial charge in [-0.3, -0.25) is 4.79 Å². The van der Waals surface area contributed by atoms with Gasteiger partial charge in [0.25, 0.3) is 5.91 Å². The number of benzene rings is 2. The summed E-state index contributed by atoms with van der Waals surface area (Å²) in [5, 5.41) is 12.7. The summed E-state index contributed by atoms with van der Waals surface area (Å²) in [6.07, 6.45) is 3.38. The molecular formula is C29H32N2O4. The maximum atomic E-state index is 13.9. The number of ether oxygens (including phenoxy) is 1. The van der Waals surface area contributed by atoms with Crippen molar-refractivity contribution in [2.24, 2.45) is 5.41 Å². The Kier molecular flexibility index (Phi) is 4.91. The molecule has 1 amide bonds. The lowest BCUT2D eigenvalue weighted by Gasteiger charge is -2.60. The van der Waals surface area contributed by atoms with E-state index in [1.54, 1.807) is 6.92 Å². The van der Waals surface area contributed by atoms with Gasteiger partial charge in [-0.2, -0.15) is 0 Å². The van der Waals surface area contributed by atoms with Gasteiger partial charge in [0.15, 0.2) is 0 Å². The van der Waals surface area contributed by atoms with Crippen molar-refractivity contribution in [2.75, 3.05) is 13.2 Å². The van der Waals surface area contributed by atoms with E-state index in [9.17, 15) is 14.7 Å². The average molecular weight is 473 g/mol. The van der Waals surface area contributed by atoms with Gasteiger partial charge < -0.3 is 19.3 Å². The zero-order valence-corrected chi connectivity index (χ0v) is 20.4. The fraction of sp³-hybridized carbons (Fsp3) is 0.448. The molecule has 0 bridgehead atoms. The largest absolute Gasteiger partial charge is 0.463 e. The molecular weight excluding hydrogens is 440 g/mol. The lowest BCUT2D eigenvalue weighted by Crippen LogP contribution is -2.72. The van der Waals surface area contributed by atoms with E-state index in [1.165, 1.54) is 27.7 Å². The molecule has 1 aliphatic carbocycles. The normalized spacial score (nSPS) is 29.6. The Morgan fingerprint density at radius 1 is 1.09 bits per heavy atom. The highest BCUT2D eigenvalue weighted by Gasteiger charge is 2.70. The third-order valence-electron chi connectivity index (χ3n) is 8.82. The highest BCUT2D eigenvalue weighted by molar-refractivity contribution is 6.07. The minimum atomic E-state index is -2.13. The quantitative estimate of drug-likeness (QED) is 0.457. The Morgan fingerprint density at radius 2 is 1.83 bits per heavy atom. The molecule has 3 aliphatic rings. The summed E-state index contributed by atoms with van der Waals surface area (Å²) in [6, 6.07) is 18.9. The van der Waals surface area contributed by atoms with Crippen molar-refractivity contribution in [2.45, 2.75) is 63.6 Å². The first-order chi connectivity index (χ1) is 16.9. The SMILES string of the molecule is CCOC(=O)[C@@]1(O)C[C@@]2(C)CCC[C@]23c2c(c4ccccc4n2Cc2ccccc2)CCN3C1=O. The third kappa shape index (κ3) is 2.86. The van der Waals surface area contributed by atoms with Gasteiger partial charge >= 0.3 is 5.97 Å².